The van der Waals surface area contributed by atoms with Crippen LogP contribution in [0.1, 0.15) is 48.2 Å². The lowest BCUT2D eigenvalue weighted by molar-refractivity contribution is -0.150. The number of aliphatic carboxylic acids is 1. The summed E-state index contributed by atoms with van der Waals surface area (Å²) < 4.78 is 40.3. The molecule has 2 aromatic rings. The van der Waals surface area contributed by atoms with E-state index in [4.69, 9.17) is 0 Å². The Bertz CT molecular complexity index is 873. The van der Waals surface area contributed by atoms with Gasteiger partial charge >= 0.3 is 12.1 Å². The van der Waals surface area contributed by atoms with Crippen LogP contribution in [0.5, 0.6) is 0 Å². The molecule has 28 heavy (non-hydrogen) atoms. The van der Waals surface area contributed by atoms with Crippen LogP contribution < -0.4 is 5.32 Å². The number of benzene rings is 1. The first-order valence-electron chi connectivity index (χ1n) is 8.83. The standard InChI is InChI=1S/C18H19F3N4O3/c19-18(20,21)12-6-2-3-7-14(12)25-10-13(23-24-25)15(26)22-11-17(16(27)28)8-4-1-5-9-17/h2-3,6-7,10H,1,4-5,8-9,11H2,(H,22,26)(H,27,28). The predicted octanol–water partition coefficient (Wildman–Crippen LogP) is 3.05. The van der Waals surface area contributed by atoms with Gasteiger partial charge in [0, 0.05) is 6.54 Å². The Labute approximate surface area is 158 Å². The Kier molecular flexibility index (Phi) is 5.39. The van der Waals surface area contributed by atoms with Gasteiger partial charge in [-0.05, 0) is 25.0 Å². The summed E-state index contributed by atoms with van der Waals surface area (Å²) in [7, 11) is 0. The zero-order chi connectivity index (χ0) is 20.4. The highest BCUT2D eigenvalue weighted by Crippen LogP contribution is 2.36. The van der Waals surface area contributed by atoms with Crippen molar-refractivity contribution in [3.05, 3.63) is 41.7 Å². The second-order valence-electron chi connectivity index (χ2n) is 6.89. The average Bonchev–Trinajstić information content (AvgIpc) is 3.16. The van der Waals surface area contributed by atoms with Gasteiger partial charge in [0.25, 0.3) is 5.91 Å². The number of nitrogens with one attached hydrogen (secondary N) is 1. The monoisotopic (exact) mass is 396 g/mol. The molecule has 1 amide bonds. The minimum atomic E-state index is -4.58. The molecule has 1 aliphatic carbocycles. The highest BCUT2D eigenvalue weighted by Gasteiger charge is 2.40. The number of rotatable bonds is 5. The fourth-order valence-corrected chi connectivity index (χ4v) is 3.43. The number of halogens is 3. The molecular formula is C18H19F3N4O3. The van der Waals surface area contributed by atoms with E-state index in [2.05, 4.69) is 15.6 Å². The first-order valence-corrected chi connectivity index (χ1v) is 8.83. The molecule has 150 valence electrons. The second-order valence-corrected chi connectivity index (χ2v) is 6.89. The zero-order valence-corrected chi connectivity index (χ0v) is 14.9. The number of carboxylic acids is 1. The van der Waals surface area contributed by atoms with E-state index in [1.54, 1.807) is 0 Å². The Hall–Kier alpha value is -2.91. The molecule has 1 fully saturated rings. The smallest absolute Gasteiger partial charge is 0.418 e. The van der Waals surface area contributed by atoms with Crippen molar-refractivity contribution in [1.29, 1.82) is 0 Å². The molecule has 0 aliphatic heterocycles. The fourth-order valence-electron chi connectivity index (χ4n) is 3.43. The van der Waals surface area contributed by atoms with Gasteiger partial charge in [0.05, 0.1) is 22.9 Å². The van der Waals surface area contributed by atoms with Crippen molar-refractivity contribution in [2.75, 3.05) is 6.54 Å². The first-order chi connectivity index (χ1) is 13.2. The maximum absolute atomic E-state index is 13.1. The topological polar surface area (TPSA) is 97.1 Å². The van der Waals surface area contributed by atoms with E-state index in [0.29, 0.717) is 12.8 Å². The molecule has 7 nitrogen and oxygen atoms in total. The van der Waals surface area contributed by atoms with Gasteiger partial charge in [-0.15, -0.1) is 5.10 Å². The van der Waals surface area contributed by atoms with Gasteiger partial charge in [-0.3, -0.25) is 9.59 Å². The van der Waals surface area contributed by atoms with Gasteiger partial charge in [-0.2, -0.15) is 13.2 Å². The van der Waals surface area contributed by atoms with Crippen molar-refractivity contribution in [1.82, 2.24) is 20.3 Å². The maximum atomic E-state index is 13.1. The van der Waals surface area contributed by atoms with E-state index in [1.807, 2.05) is 0 Å². The van der Waals surface area contributed by atoms with Crippen molar-refractivity contribution >= 4 is 11.9 Å². The Morgan fingerprint density at radius 3 is 2.50 bits per heavy atom. The summed E-state index contributed by atoms with van der Waals surface area (Å²) in [5, 5.41) is 19.3. The molecule has 0 radical (unpaired) electrons. The predicted molar refractivity (Wildman–Crippen MR) is 91.8 cm³/mol. The number of para-hydroxylation sites is 1. The Morgan fingerprint density at radius 1 is 1.18 bits per heavy atom. The van der Waals surface area contributed by atoms with Crippen LogP contribution in [0.2, 0.25) is 0 Å². The van der Waals surface area contributed by atoms with Crippen LogP contribution in [0, 0.1) is 5.41 Å². The molecule has 10 heteroatoms. The van der Waals surface area contributed by atoms with Crippen molar-refractivity contribution in [2.24, 2.45) is 5.41 Å². The SMILES string of the molecule is O=C(NCC1(C(=O)O)CCCCC1)c1cn(-c2ccccc2C(F)(F)F)nn1. The number of amides is 1. The zero-order valence-electron chi connectivity index (χ0n) is 14.9. The summed E-state index contributed by atoms with van der Waals surface area (Å²) in [5.74, 6) is -1.64. The quantitative estimate of drug-likeness (QED) is 0.810. The van der Waals surface area contributed by atoms with Crippen LogP contribution in [-0.4, -0.2) is 38.5 Å². The molecule has 1 heterocycles. The Morgan fingerprint density at radius 2 is 1.86 bits per heavy atom. The van der Waals surface area contributed by atoms with E-state index in [9.17, 15) is 27.9 Å². The fraction of sp³-hybridized carbons (Fsp3) is 0.444. The van der Waals surface area contributed by atoms with Gasteiger partial charge in [0.15, 0.2) is 5.69 Å². The van der Waals surface area contributed by atoms with Gasteiger partial charge in [0.2, 0.25) is 0 Å². The molecule has 1 aromatic heterocycles. The van der Waals surface area contributed by atoms with Crippen LogP contribution in [0.4, 0.5) is 13.2 Å². The number of hydrogen-bond acceptors (Lipinski definition) is 4. The number of alkyl halides is 3. The number of hydrogen-bond donors (Lipinski definition) is 2. The van der Waals surface area contributed by atoms with Crippen LogP contribution in [0.3, 0.4) is 0 Å². The average molecular weight is 396 g/mol. The summed E-state index contributed by atoms with van der Waals surface area (Å²) in [6, 6.07) is 4.81. The van der Waals surface area contributed by atoms with E-state index in [0.717, 1.165) is 36.2 Å². The van der Waals surface area contributed by atoms with Crippen LogP contribution in [0.25, 0.3) is 5.69 Å². The summed E-state index contributed by atoms with van der Waals surface area (Å²) in [6.07, 6.45) is -0.0639. The highest BCUT2D eigenvalue weighted by atomic mass is 19.4. The molecule has 2 N–H and O–H groups in total. The van der Waals surface area contributed by atoms with Gasteiger partial charge in [-0.1, -0.05) is 36.6 Å². The molecule has 0 spiro atoms. The molecule has 1 aromatic carbocycles. The normalized spacial score (nSPS) is 16.5. The van der Waals surface area contributed by atoms with Crippen molar-refractivity contribution in [3.63, 3.8) is 0 Å². The third kappa shape index (κ3) is 4.00. The molecule has 0 atom stereocenters. The van der Waals surface area contributed by atoms with E-state index >= 15 is 0 Å². The third-order valence-electron chi connectivity index (χ3n) is 5.03. The number of carbonyl (C=O) groups is 2. The summed E-state index contributed by atoms with van der Waals surface area (Å²) in [6.45, 7) is -0.0623. The molecule has 0 saturated heterocycles. The molecule has 3 rings (SSSR count). The summed E-state index contributed by atoms with van der Waals surface area (Å²) in [5.41, 5.74) is -2.37. The molecule has 1 aliphatic rings. The van der Waals surface area contributed by atoms with Gasteiger partial charge in [-0.25, -0.2) is 4.68 Å². The third-order valence-corrected chi connectivity index (χ3v) is 5.03. The maximum Gasteiger partial charge on any atom is 0.418 e. The number of carboxylic acid groups (broad SMARTS) is 1. The summed E-state index contributed by atoms with van der Waals surface area (Å²) >= 11 is 0. The van der Waals surface area contributed by atoms with Crippen LogP contribution in [-0.2, 0) is 11.0 Å². The molecule has 1 saturated carbocycles. The number of aromatic nitrogens is 3. The minimum absolute atomic E-state index is 0.0623. The number of carbonyl (C=O) groups excluding carboxylic acids is 1. The lowest BCUT2D eigenvalue weighted by Gasteiger charge is -2.33. The van der Waals surface area contributed by atoms with Gasteiger partial charge in [0.1, 0.15) is 0 Å². The van der Waals surface area contributed by atoms with E-state index in [-0.39, 0.29) is 17.9 Å². The molecule has 0 unspecified atom stereocenters. The van der Waals surface area contributed by atoms with Crippen molar-refractivity contribution in [3.8, 4) is 5.69 Å². The first kappa shape index (κ1) is 19.8. The minimum Gasteiger partial charge on any atom is -0.481 e. The van der Waals surface area contributed by atoms with Crippen LogP contribution in [0.15, 0.2) is 30.5 Å². The molecular weight excluding hydrogens is 377 g/mol. The van der Waals surface area contributed by atoms with E-state index in [1.165, 1.54) is 18.2 Å². The lowest BCUT2D eigenvalue weighted by atomic mass is 9.74. The van der Waals surface area contributed by atoms with Crippen LogP contribution >= 0.6 is 0 Å². The van der Waals surface area contributed by atoms with Crippen molar-refractivity contribution < 1.29 is 27.9 Å². The molecule has 0 bridgehead atoms. The largest absolute Gasteiger partial charge is 0.481 e. The van der Waals surface area contributed by atoms with Gasteiger partial charge < -0.3 is 10.4 Å². The number of nitrogens with zero attached hydrogens (tertiary/aromatic N) is 3. The van der Waals surface area contributed by atoms with Crippen molar-refractivity contribution in [2.45, 2.75) is 38.3 Å². The lowest BCUT2D eigenvalue weighted by Crippen LogP contribution is -2.44. The summed E-state index contributed by atoms with van der Waals surface area (Å²) in [4.78, 5) is 24.0. The second kappa shape index (κ2) is 7.61. The van der Waals surface area contributed by atoms with E-state index < -0.39 is 29.0 Å². The Balaban J connectivity index is 1.76. The highest BCUT2D eigenvalue weighted by molar-refractivity contribution is 5.92.